The number of allylic oxidation sites excluding steroid dienone is 6. The van der Waals surface area contributed by atoms with Crippen molar-refractivity contribution in [3.63, 3.8) is 0 Å². The summed E-state index contributed by atoms with van der Waals surface area (Å²) >= 11 is 0. The van der Waals surface area contributed by atoms with Gasteiger partial charge in [-0.25, -0.2) is 0 Å². The van der Waals surface area contributed by atoms with Crippen LogP contribution in [0.25, 0.3) is 0 Å². The molecular formula is C11H11NO. The summed E-state index contributed by atoms with van der Waals surface area (Å²) in [5.41, 5.74) is 1.19. The second kappa shape index (κ2) is 2.34. The van der Waals surface area contributed by atoms with Gasteiger partial charge in [-0.3, -0.25) is 0 Å². The summed E-state index contributed by atoms with van der Waals surface area (Å²) in [4.78, 5) is 0. The fraction of sp³-hybridized carbons (Fsp3) is 0.364. The van der Waals surface area contributed by atoms with Crippen molar-refractivity contribution < 1.29 is 5.21 Å². The SMILES string of the molecule is ON=CC1=CC2C=C[C@@H]3C1[C@@H]3C=C2. The highest BCUT2D eigenvalue weighted by molar-refractivity contribution is 5.81. The first-order valence-electron chi connectivity index (χ1n) is 4.66. The van der Waals surface area contributed by atoms with E-state index in [0.29, 0.717) is 23.7 Å². The molecule has 0 amide bonds. The van der Waals surface area contributed by atoms with Crippen LogP contribution in [-0.4, -0.2) is 11.4 Å². The molecule has 66 valence electrons. The largest absolute Gasteiger partial charge is 0.411 e. The molecule has 1 N–H and O–H groups in total. The lowest BCUT2D eigenvalue weighted by atomic mass is 10.1. The summed E-state index contributed by atoms with van der Waals surface area (Å²) in [6, 6.07) is 0. The first kappa shape index (κ1) is 7.13. The summed E-state index contributed by atoms with van der Waals surface area (Å²) in [6.07, 6.45) is 12.8. The van der Waals surface area contributed by atoms with Gasteiger partial charge in [0.2, 0.25) is 0 Å². The van der Waals surface area contributed by atoms with Crippen molar-refractivity contribution in [1.82, 2.24) is 0 Å². The van der Waals surface area contributed by atoms with Gasteiger partial charge in [-0.2, -0.15) is 0 Å². The van der Waals surface area contributed by atoms with Gasteiger partial charge in [0.1, 0.15) is 0 Å². The highest BCUT2D eigenvalue weighted by atomic mass is 16.4. The minimum absolute atomic E-state index is 0.410. The van der Waals surface area contributed by atoms with E-state index in [4.69, 9.17) is 5.21 Å². The van der Waals surface area contributed by atoms with E-state index in [1.165, 1.54) is 5.57 Å². The molecule has 4 aliphatic rings. The third kappa shape index (κ3) is 0.916. The quantitative estimate of drug-likeness (QED) is 0.280. The van der Waals surface area contributed by atoms with E-state index in [-0.39, 0.29) is 0 Å². The third-order valence-corrected chi connectivity index (χ3v) is 3.22. The topological polar surface area (TPSA) is 32.6 Å². The Bertz CT molecular complexity index is 331. The molecule has 0 aliphatic heterocycles. The van der Waals surface area contributed by atoms with E-state index in [9.17, 15) is 0 Å². The van der Waals surface area contributed by atoms with Crippen molar-refractivity contribution in [3.8, 4) is 0 Å². The molecule has 4 aliphatic carbocycles. The van der Waals surface area contributed by atoms with Crippen molar-refractivity contribution in [3.05, 3.63) is 36.0 Å². The molecule has 0 aromatic rings. The Hall–Kier alpha value is -1.31. The van der Waals surface area contributed by atoms with Crippen molar-refractivity contribution in [2.75, 3.05) is 0 Å². The van der Waals surface area contributed by atoms with Crippen LogP contribution >= 0.6 is 0 Å². The summed E-state index contributed by atoms with van der Waals surface area (Å²) < 4.78 is 0. The van der Waals surface area contributed by atoms with Crippen molar-refractivity contribution in [1.29, 1.82) is 0 Å². The molecule has 1 saturated carbocycles. The van der Waals surface area contributed by atoms with Gasteiger partial charge in [0.25, 0.3) is 0 Å². The van der Waals surface area contributed by atoms with Gasteiger partial charge in [-0.15, -0.1) is 0 Å². The van der Waals surface area contributed by atoms with Crippen LogP contribution in [0.15, 0.2) is 41.1 Å². The fourth-order valence-corrected chi connectivity index (χ4v) is 2.52. The standard InChI is InChI=1S/C11H11NO/c13-12-6-8-5-7-1-3-9-10(4-2-7)11(8)9/h1-7,9-11,13H/t7?,9-,10+,11?. The van der Waals surface area contributed by atoms with E-state index in [1.807, 2.05) is 0 Å². The molecule has 0 radical (unpaired) electrons. The van der Waals surface area contributed by atoms with Gasteiger partial charge in [0.05, 0.1) is 6.21 Å². The average Bonchev–Trinajstić information content (AvgIpc) is 2.81. The Morgan fingerprint density at radius 3 is 2.46 bits per heavy atom. The molecule has 2 nitrogen and oxygen atoms in total. The van der Waals surface area contributed by atoms with E-state index >= 15 is 0 Å². The van der Waals surface area contributed by atoms with Gasteiger partial charge in [0.15, 0.2) is 0 Å². The Labute approximate surface area is 76.9 Å². The molecule has 0 aromatic carbocycles. The molecule has 2 unspecified atom stereocenters. The summed E-state index contributed by atoms with van der Waals surface area (Å²) in [7, 11) is 0. The van der Waals surface area contributed by atoms with Crippen LogP contribution < -0.4 is 0 Å². The third-order valence-electron chi connectivity index (χ3n) is 3.22. The maximum Gasteiger partial charge on any atom is 0.0693 e. The Morgan fingerprint density at radius 1 is 1.15 bits per heavy atom. The molecule has 2 heteroatoms. The Kier molecular flexibility index (Phi) is 1.29. The summed E-state index contributed by atoms with van der Waals surface area (Å²) in [5.74, 6) is 2.31. The van der Waals surface area contributed by atoms with Crippen molar-refractivity contribution in [2.24, 2.45) is 28.8 Å². The van der Waals surface area contributed by atoms with Gasteiger partial charge in [0, 0.05) is 5.92 Å². The zero-order valence-electron chi connectivity index (χ0n) is 7.17. The molecule has 4 bridgehead atoms. The van der Waals surface area contributed by atoms with Crippen LogP contribution in [-0.2, 0) is 0 Å². The number of hydrogen-bond acceptors (Lipinski definition) is 2. The Morgan fingerprint density at radius 2 is 1.85 bits per heavy atom. The molecule has 0 heterocycles. The first-order chi connectivity index (χ1) is 6.40. The summed E-state index contributed by atoms with van der Waals surface area (Å²) in [5, 5.41) is 11.7. The number of nitrogens with zero attached hydrogens (tertiary/aromatic N) is 1. The summed E-state index contributed by atoms with van der Waals surface area (Å²) in [6.45, 7) is 0. The van der Waals surface area contributed by atoms with Crippen LogP contribution in [0.3, 0.4) is 0 Å². The van der Waals surface area contributed by atoms with Gasteiger partial charge in [-0.1, -0.05) is 35.5 Å². The van der Waals surface area contributed by atoms with E-state index in [2.05, 4.69) is 35.5 Å². The molecule has 4 rings (SSSR count). The predicted octanol–water partition coefficient (Wildman–Crippen LogP) is 1.99. The smallest absolute Gasteiger partial charge is 0.0693 e. The van der Waals surface area contributed by atoms with E-state index < -0.39 is 0 Å². The van der Waals surface area contributed by atoms with E-state index in [0.717, 1.165) is 0 Å². The van der Waals surface area contributed by atoms with Crippen LogP contribution in [0, 0.1) is 23.7 Å². The lowest BCUT2D eigenvalue weighted by Crippen LogP contribution is -1.92. The second-order valence-corrected chi connectivity index (χ2v) is 3.94. The van der Waals surface area contributed by atoms with Gasteiger partial charge >= 0.3 is 0 Å². The second-order valence-electron chi connectivity index (χ2n) is 3.94. The minimum Gasteiger partial charge on any atom is -0.411 e. The zero-order valence-corrected chi connectivity index (χ0v) is 7.17. The maximum absolute atomic E-state index is 8.53. The highest BCUT2D eigenvalue weighted by Gasteiger charge is 2.50. The molecule has 0 spiro atoms. The van der Waals surface area contributed by atoms with Crippen molar-refractivity contribution >= 4 is 6.21 Å². The molecule has 0 saturated heterocycles. The van der Waals surface area contributed by atoms with Crippen LogP contribution in [0.1, 0.15) is 0 Å². The number of oxime groups is 1. The fourth-order valence-electron chi connectivity index (χ4n) is 2.52. The van der Waals surface area contributed by atoms with Crippen LogP contribution in [0.2, 0.25) is 0 Å². The number of hydrogen-bond donors (Lipinski definition) is 1. The normalized spacial score (nSPS) is 44.8. The molecule has 1 fully saturated rings. The monoisotopic (exact) mass is 173 g/mol. The molecule has 13 heavy (non-hydrogen) atoms. The zero-order chi connectivity index (χ0) is 8.84. The minimum atomic E-state index is 0.410. The molecule has 0 aromatic heterocycles. The number of rotatable bonds is 1. The van der Waals surface area contributed by atoms with Gasteiger partial charge < -0.3 is 5.21 Å². The lowest BCUT2D eigenvalue weighted by molar-refractivity contribution is 0.321. The Balaban J connectivity index is 2.04. The molecule has 4 atom stereocenters. The first-order valence-corrected chi connectivity index (χ1v) is 4.66. The average molecular weight is 173 g/mol. The maximum atomic E-state index is 8.53. The molecular weight excluding hydrogens is 162 g/mol. The highest BCUT2D eigenvalue weighted by Crippen LogP contribution is 2.55. The van der Waals surface area contributed by atoms with Gasteiger partial charge in [-0.05, 0) is 23.3 Å². The van der Waals surface area contributed by atoms with Crippen LogP contribution in [0.4, 0.5) is 0 Å². The van der Waals surface area contributed by atoms with Crippen molar-refractivity contribution in [2.45, 2.75) is 0 Å². The van der Waals surface area contributed by atoms with Crippen LogP contribution in [0.5, 0.6) is 0 Å². The van der Waals surface area contributed by atoms with E-state index in [1.54, 1.807) is 6.21 Å². The lowest BCUT2D eigenvalue weighted by Gasteiger charge is -1.98. The predicted molar refractivity (Wildman–Crippen MR) is 50.6 cm³/mol.